The van der Waals surface area contributed by atoms with Gasteiger partial charge in [0.25, 0.3) is 0 Å². The van der Waals surface area contributed by atoms with Crippen LogP contribution in [0.3, 0.4) is 0 Å². The number of hydrogen-bond donors (Lipinski definition) is 2. The molecule has 0 saturated heterocycles. The molecule has 31 heavy (non-hydrogen) atoms. The predicted octanol–water partition coefficient (Wildman–Crippen LogP) is 4.07. The van der Waals surface area contributed by atoms with Crippen LogP contribution in [0.5, 0.6) is 0 Å². The third-order valence-corrected chi connectivity index (χ3v) is 4.77. The van der Waals surface area contributed by atoms with Crippen LogP contribution in [-0.2, 0) is 27.4 Å². The molecule has 1 atom stereocenters. The molecule has 0 amide bonds. The minimum atomic E-state index is 0.106. The molecule has 0 aliphatic heterocycles. The van der Waals surface area contributed by atoms with Gasteiger partial charge in [0.05, 0.1) is 25.9 Å². The second-order valence-electron chi connectivity index (χ2n) is 7.20. The van der Waals surface area contributed by atoms with Crippen LogP contribution in [0.4, 0.5) is 0 Å². The Kier molecular flexibility index (Phi) is 12.3. The number of rotatable bonds is 14. The van der Waals surface area contributed by atoms with Crippen molar-refractivity contribution in [1.29, 1.82) is 0 Å². The van der Waals surface area contributed by atoms with E-state index in [0.717, 1.165) is 31.1 Å². The summed E-state index contributed by atoms with van der Waals surface area (Å²) in [5, 5.41) is 6.70. The van der Waals surface area contributed by atoms with Gasteiger partial charge in [-0.15, -0.1) is 0 Å². The van der Waals surface area contributed by atoms with Crippen molar-refractivity contribution < 1.29 is 14.2 Å². The molecule has 6 nitrogen and oxygen atoms in total. The molecule has 0 radical (unpaired) electrons. The van der Waals surface area contributed by atoms with Crippen LogP contribution in [0.1, 0.15) is 43.1 Å². The Labute approximate surface area is 187 Å². The molecule has 0 aromatic heterocycles. The molecule has 2 N–H and O–H groups in total. The largest absolute Gasteiger partial charge is 0.379 e. The lowest BCUT2D eigenvalue weighted by atomic mass is 10.1. The number of ether oxygens (including phenoxy) is 3. The van der Waals surface area contributed by atoms with E-state index in [1.54, 1.807) is 7.05 Å². The van der Waals surface area contributed by atoms with Crippen LogP contribution in [-0.4, -0.2) is 46.0 Å². The standard InChI is InChI=1S/C25H37N3O3/c1-4-29-16-17-30-20-23-11-8-10-22(18-23)19-28-25(26-3)27-14-9-15-31-21(2)24-12-6-5-7-13-24/h5-8,10-13,18,21H,4,9,14-17,19-20H2,1-3H3,(H2,26,27,28). The third kappa shape index (κ3) is 10.4. The van der Waals surface area contributed by atoms with E-state index >= 15 is 0 Å². The van der Waals surface area contributed by atoms with E-state index in [2.05, 4.69) is 58.9 Å². The second kappa shape index (κ2) is 15.4. The van der Waals surface area contributed by atoms with Gasteiger partial charge >= 0.3 is 0 Å². The zero-order valence-electron chi connectivity index (χ0n) is 19.1. The summed E-state index contributed by atoms with van der Waals surface area (Å²) in [5.41, 5.74) is 3.55. The normalized spacial score (nSPS) is 12.5. The van der Waals surface area contributed by atoms with Crippen molar-refractivity contribution in [1.82, 2.24) is 10.6 Å². The SMILES string of the molecule is CCOCCOCc1cccc(CNC(=NC)NCCCOC(C)c2ccccc2)c1. The maximum Gasteiger partial charge on any atom is 0.191 e. The number of benzene rings is 2. The summed E-state index contributed by atoms with van der Waals surface area (Å²) in [6, 6.07) is 18.7. The number of hydrogen-bond acceptors (Lipinski definition) is 4. The Bertz CT molecular complexity index is 753. The topological polar surface area (TPSA) is 64.1 Å². The van der Waals surface area contributed by atoms with Gasteiger partial charge in [-0.25, -0.2) is 0 Å². The van der Waals surface area contributed by atoms with Crippen molar-refractivity contribution in [3.05, 3.63) is 71.3 Å². The van der Waals surface area contributed by atoms with Crippen LogP contribution in [0.2, 0.25) is 0 Å². The number of nitrogens with zero attached hydrogens (tertiary/aromatic N) is 1. The molecule has 170 valence electrons. The Hall–Kier alpha value is -2.41. The molecule has 0 spiro atoms. The molecule has 2 rings (SSSR count). The van der Waals surface area contributed by atoms with Crippen molar-refractivity contribution in [2.24, 2.45) is 4.99 Å². The molecule has 0 saturated carbocycles. The van der Waals surface area contributed by atoms with Crippen LogP contribution >= 0.6 is 0 Å². The molecular weight excluding hydrogens is 390 g/mol. The van der Waals surface area contributed by atoms with E-state index < -0.39 is 0 Å². The van der Waals surface area contributed by atoms with Crippen LogP contribution in [0.25, 0.3) is 0 Å². The van der Waals surface area contributed by atoms with E-state index in [0.29, 0.717) is 33.0 Å². The van der Waals surface area contributed by atoms with Crippen molar-refractivity contribution in [2.75, 3.05) is 40.0 Å². The summed E-state index contributed by atoms with van der Waals surface area (Å²) in [4.78, 5) is 4.30. The molecule has 0 aliphatic carbocycles. The first-order chi connectivity index (χ1) is 15.2. The summed E-state index contributed by atoms with van der Waals surface area (Å²) in [5.74, 6) is 0.787. The Balaban J connectivity index is 1.62. The van der Waals surface area contributed by atoms with Gasteiger partial charge in [-0.2, -0.15) is 0 Å². The molecule has 0 bridgehead atoms. The maximum absolute atomic E-state index is 5.92. The summed E-state index contributed by atoms with van der Waals surface area (Å²) in [6.45, 7) is 8.83. The predicted molar refractivity (Wildman–Crippen MR) is 126 cm³/mol. The van der Waals surface area contributed by atoms with Gasteiger partial charge in [0.1, 0.15) is 0 Å². The van der Waals surface area contributed by atoms with Crippen LogP contribution in [0, 0.1) is 0 Å². The first-order valence-electron chi connectivity index (χ1n) is 11.1. The smallest absolute Gasteiger partial charge is 0.191 e. The maximum atomic E-state index is 5.92. The van der Waals surface area contributed by atoms with Crippen molar-refractivity contribution in [3.8, 4) is 0 Å². The Morgan fingerprint density at radius 1 is 0.935 bits per heavy atom. The third-order valence-electron chi connectivity index (χ3n) is 4.77. The highest BCUT2D eigenvalue weighted by atomic mass is 16.5. The number of aliphatic imine (C=N–C) groups is 1. The Morgan fingerprint density at radius 2 is 1.71 bits per heavy atom. The minimum absolute atomic E-state index is 0.106. The van der Waals surface area contributed by atoms with Crippen LogP contribution < -0.4 is 10.6 Å². The molecule has 2 aromatic rings. The first-order valence-corrected chi connectivity index (χ1v) is 11.1. The van der Waals surface area contributed by atoms with Gasteiger partial charge in [0.15, 0.2) is 5.96 Å². The van der Waals surface area contributed by atoms with E-state index in [4.69, 9.17) is 14.2 Å². The van der Waals surface area contributed by atoms with E-state index in [1.165, 1.54) is 11.1 Å². The van der Waals surface area contributed by atoms with Crippen molar-refractivity contribution in [3.63, 3.8) is 0 Å². The zero-order chi connectivity index (χ0) is 22.2. The molecule has 2 aromatic carbocycles. The van der Waals surface area contributed by atoms with Crippen molar-refractivity contribution >= 4 is 5.96 Å². The van der Waals surface area contributed by atoms with Gasteiger partial charge in [0.2, 0.25) is 0 Å². The minimum Gasteiger partial charge on any atom is -0.379 e. The molecular formula is C25H37N3O3. The number of nitrogens with one attached hydrogen (secondary N) is 2. The summed E-state index contributed by atoms with van der Waals surface area (Å²) in [7, 11) is 1.78. The molecule has 1 unspecified atom stereocenters. The fourth-order valence-corrected chi connectivity index (χ4v) is 3.05. The summed E-state index contributed by atoms with van der Waals surface area (Å²) >= 11 is 0. The molecule has 0 fully saturated rings. The van der Waals surface area contributed by atoms with E-state index in [9.17, 15) is 0 Å². The van der Waals surface area contributed by atoms with Crippen molar-refractivity contribution in [2.45, 2.75) is 39.5 Å². The zero-order valence-corrected chi connectivity index (χ0v) is 19.1. The van der Waals surface area contributed by atoms with Gasteiger partial charge in [-0.3, -0.25) is 4.99 Å². The first kappa shape index (κ1) is 24.9. The monoisotopic (exact) mass is 427 g/mol. The molecule has 6 heteroatoms. The quantitative estimate of drug-likeness (QED) is 0.270. The highest BCUT2D eigenvalue weighted by Gasteiger charge is 2.05. The highest BCUT2D eigenvalue weighted by Crippen LogP contribution is 2.15. The average Bonchev–Trinajstić information content (AvgIpc) is 2.81. The molecule has 0 aliphatic rings. The lowest BCUT2D eigenvalue weighted by Gasteiger charge is -2.15. The second-order valence-corrected chi connectivity index (χ2v) is 7.20. The highest BCUT2D eigenvalue weighted by molar-refractivity contribution is 5.79. The lowest BCUT2D eigenvalue weighted by molar-refractivity contribution is 0.0453. The fraction of sp³-hybridized carbons (Fsp3) is 0.480. The van der Waals surface area contributed by atoms with Gasteiger partial charge in [0, 0.05) is 33.4 Å². The van der Waals surface area contributed by atoms with E-state index in [1.807, 2.05) is 25.1 Å². The van der Waals surface area contributed by atoms with E-state index in [-0.39, 0.29) is 6.10 Å². The fourth-order valence-electron chi connectivity index (χ4n) is 3.05. The summed E-state index contributed by atoms with van der Waals surface area (Å²) in [6.07, 6.45) is 1.01. The Morgan fingerprint density at radius 3 is 2.48 bits per heavy atom. The molecule has 0 heterocycles. The summed E-state index contributed by atoms with van der Waals surface area (Å²) < 4.78 is 16.9. The van der Waals surface area contributed by atoms with Gasteiger partial charge in [-0.05, 0) is 37.0 Å². The average molecular weight is 428 g/mol. The van der Waals surface area contributed by atoms with Gasteiger partial charge in [-0.1, -0.05) is 54.6 Å². The van der Waals surface area contributed by atoms with Gasteiger partial charge < -0.3 is 24.8 Å². The van der Waals surface area contributed by atoms with Crippen LogP contribution in [0.15, 0.2) is 59.6 Å². The number of guanidine groups is 1. The lowest BCUT2D eigenvalue weighted by Crippen LogP contribution is -2.37.